The summed E-state index contributed by atoms with van der Waals surface area (Å²) >= 11 is 0. The minimum atomic E-state index is 0.569. The minimum Gasteiger partial charge on any atom is -0.306 e. The van der Waals surface area contributed by atoms with Crippen molar-refractivity contribution in [1.29, 1.82) is 0 Å². The number of benzene rings is 2. The summed E-state index contributed by atoms with van der Waals surface area (Å²) in [6.07, 6.45) is 4.46. The molecule has 0 unspecified atom stereocenters. The third kappa shape index (κ3) is 3.00. The molecule has 1 saturated heterocycles. The first-order valence-corrected chi connectivity index (χ1v) is 9.69. The summed E-state index contributed by atoms with van der Waals surface area (Å²) in [5.74, 6) is 0.569. The van der Waals surface area contributed by atoms with E-state index >= 15 is 0 Å². The van der Waals surface area contributed by atoms with Gasteiger partial charge in [0.25, 0.3) is 0 Å². The molecule has 4 nitrogen and oxygen atoms in total. The lowest BCUT2D eigenvalue weighted by molar-refractivity contribution is 0.253. The first kappa shape index (κ1) is 16.5. The zero-order valence-electron chi connectivity index (χ0n) is 15.9. The summed E-state index contributed by atoms with van der Waals surface area (Å²) in [5, 5.41) is 6.86. The molecule has 1 fully saturated rings. The van der Waals surface area contributed by atoms with Crippen LogP contribution in [-0.2, 0) is 7.05 Å². The van der Waals surface area contributed by atoms with Gasteiger partial charge in [-0.15, -0.1) is 0 Å². The van der Waals surface area contributed by atoms with Crippen LogP contribution in [0.5, 0.6) is 0 Å². The van der Waals surface area contributed by atoms with Crippen LogP contribution in [-0.4, -0.2) is 39.8 Å². The summed E-state index contributed by atoms with van der Waals surface area (Å²) in [5.41, 5.74) is 5.78. The predicted octanol–water partition coefficient (Wildman–Crippen LogP) is 4.60. The van der Waals surface area contributed by atoms with E-state index in [4.69, 9.17) is 4.98 Å². The molecule has 1 aliphatic rings. The Bertz CT molecular complexity index is 1120. The number of hydrogen-bond donors (Lipinski definition) is 0. The van der Waals surface area contributed by atoms with Crippen molar-refractivity contribution in [2.24, 2.45) is 7.05 Å². The van der Waals surface area contributed by atoms with Crippen LogP contribution in [0.2, 0.25) is 0 Å². The van der Waals surface area contributed by atoms with E-state index in [1.807, 2.05) is 11.7 Å². The second-order valence-electron chi connectivity index (χ2n) is 7.77. The van der Waals surface area contributed by atoms with Crippen LogP contribution in [0, 0.1) is 0 Å². The van der Waals surface area contributed by atoms with Gasteiger partial charge in [0.15, 0.2) is 0 Å². The molecular weight excluding hydrogens is 332 g/mol. The topological polar surface area (TPSA) is 34.0 Å². The van der Waals surface area contributed by atoms with Crippen molar-refractivity contribution in [2.75, 3.05) is 20.1 Å². The molecule has 0 N–H and O–H groups in total. The maximum atomic E-state index is 5.15. The van der Waals surface area contributed by atoms with Gasteiger partial charge in [0.2, 0.25) is 0 Å². The van der Waals surface area contributed by atoms with Crippen molar-refractivity contribution in [2.45, 2.75) is 18.8 Å². The molecule has 5 rings (SSSR count). The van der Waals surface area contributed by atoms with Crippen molar-refractivity contribution in [3.63, 3.8) is 0 Å². The Morgan fingerprint density at radius 2 is 1.78 bits per heavy atom. The van der Waals surface area contributed by atoms with Crippen LogP contribution in [0.1, 0.15) is 24.5 Å². The van der Waals surface area contributed by atoms with Crippen LogP contribution < -0.4 is 0 Å². The zero-order valence-corrected chi connectivity index (χ0v) is 15.9. The summed E-state index contributed by atoms with van der Waals surface area (Å²) in [6.45, 7) is 2.31. The normalized spacial score (nSPS) is 16.4. The molecule has 27 heavy (non-hydrogen) atoms. The van der Waals surface area contributed by atoms with E-state index in [9.17, 15) is 0 Å². The third-order valence-electron chi connectivity index (χ3n) is 5.81. The Hall–Kier alpha value is -2.72. The van der Waals surface area contributed by atoms with Crippen molar-refractivity contribution in [1.82, 2.24) is 19.7 Å². The lowest BCUT2D eigenvalue weighted by atomic mass is 9.92. The standard InChI is InChI=1S/C23H24N4/c1-26-12-10-16(11-13-26)21-8-6-17-4-3-5-20(23(17)24-21)18-7-9-22-19(14-18)15-27(2)25-22/h3-9,14-16H,10-13H2,1-2H3. The van der Waals surface area contributed by atoms with E-state index in [2.05, 4.69) is 71.8 Å². The third-order valence-corrected chi connectivity index (χ3v) is 5.81. The molecule has 2 aromatic carbocycles. The van der Waals surface area contributed by atoms with Crippen LogP contribution in [0.15, 0.2) is 54.7 Å². The van der Waals surface area contributed by atoms with E-state index in [0.29, 0.717) is 5.92 Å². The number of likely N-dealkylation sites (tertiary alicyclic amines) is 1. The Balaban J connectivity index is 1.61. The molecule has 0 spiro atoms. The van der Waals surface area contributed by atoms with Gasteiger partial charge in [-0.1, -0.05) is 30.3 Å². The molecule has 136 valence electrons. The first-order chi connectivity index (χ1) is 13.2. The second-order valence-corrected chi connectivity index (χ2v) is 7.77. The summed E-state index contributed by atoms with van der Waals surface area (Å²) in [7, 11) is 4.17. The molecule has 0 bridgehead atoms. The maximum absolute atomic E-state index is 5.15. The fourth-order valence-electron chi connectivity index (χ4n) is 4.24. The number of aromatic nitrogens is 3. The van der Waals surface area contributed by atoms with Gasteiger partial charge in [0.05, 0.1) is 11.0 Å². The fourth-order valence-corrected chi connectivity index (χ4v) is 4.24. The van der Waals surface area contributed by atoms with Crippen molar-refractivity contribution in [3.05, 3.63) is 60.4 Å². The van der Waals surface area contributed by atoms with E-state index in [0.717, 1.165) is 24.1 Å². The Morgan fingerprint density at radius 1 is 0.926 bits per heavy atom. The number of fused-ring (bicyclic) bond motifs is 2. The van der Waals surface area contributed by atoms with Gasteiger partial charge in [-0.3, -0.25) is 9.67 Å². The largest absolute Gasteiger partial charge is 0.306 e. The van der Waals surface area contributed by atoms with Crippen LogP contribution in [0.3, 0.4) is 0 Å². The summed E-state index contributed by atoms with van der Waals surface area (Å²) in [6, 6.07) is 17.4. The fraction of sp³-hybridized carbons (Fsp3) is 0.304. The van der Waals surface area contributed by atoms with Gasteiger partial charge in [-0.05, 0) is 56.7 Å². The first-order valence-electron chi connectivity index (χ1n) is 9.69. The Kier molecular flexibility index (Phi) is 3.94. The number of piperidine rings is 1. The highest BCUT2D eigenvalue weighted by Crippen LogP contribution is 2.32. The number of para-hydroxylation sites is 1. The molecule has 2 aromatic heterocycles. The monoisotopic (exact) mass is 356 g/mol. The SMILES string of the molecule is CN1CCC(c2ccc3cccc(-c4ccc5nn(C)cc5c4)c3n2)CC1. The number of rotatable bonds is 2. The number of hydrogen-bond acceptors (Lipinski definition) is 3. The average Bonchev–Trinajstić information content (AvgIpc) is 3.07. The number of pyridine rings is 1. The Morgan fingerprint density at radius 3 is 2.63 bits per heavy atom. The highest BCUT2D eigenvalue weighted by Gasteiger charge is 2.20. The van der Waals surface area contributed by atoms with Crippen molar-refractivity contribution >= 4 is 21.8 Å². The van der Waals surface area contributed by atoms with E-state index < -0.39 is 0 Å². The quantitative estimate of drug-likeness (QED) is 0.526. The van der Waals surface area contributed by atoms with Crippen LogP contribution in [0.25, 0.3) is 32.9 Å². The molecule has 4 heteroatoms. The molecule has 0 saturated carbocycles. The van der Waals surface area contributed by atoms with Gasteiger partial charge >= 0.3 is 0 Å². The number of nitrogens with zero attached hydrogens (tertiary/aromatic N) is 4. The molecule has 0 atom stereocenters. The molecule has 0 aliphatic carbocycles. The maximum Gasteiger partial charge on any atom is 0.0923 e. The van der Waals surface area contributed by atoms with Crippen LogP contribution >= 0.6 is 0 Å². The molecule has 0 radical (unpaired) electrons. The Labute approximate surface area is 159 Å². The van der Waals surface area contributed by atoms with Gasteiger partial charge in [-0.2, -0.15) is 5.10 Å². The van der Waals surface area contributed by atoms with Gasteiger partial charge in [0.1, 0.15) is 0 Å². The minimum absolute atomic E-state index is 0.569. The van der Waals surface area contributed by atoms with E-state index in [1.165, 1.54) is 40.4 Å². The zero-order chi connectivity index (χ0) is 18.4. The highest BCUT2D eigenvalue weighted by atomic mass is 15.2. The number of aryl methyl sites for hydroxylation is 1. The predicted molar refractivity (Wildman–Crippen MR) is 111 cm³/mol. The van der Waals surface area contributed by atoms with E-state index in [-0.39, 0.29) is 0 Å². The molecule has 0 amide bonds. The van der Waals surface area contributed by atoms with Gasteiger partial charge < -0.3 is 4.90 Å². The molecule has 1 aliphatic heterocycles. The lowest BCUT2D eigenvalue weighted by Crippen LogP contribution is -2.29. The van der Waals surface area contributed by atoms with Crippen LogP contribution in [0.4, 0.5) is 0 Å². The second kappa shape index (κ2) is 6.46. The molecule has 4 aromatic rings. The highest BCUT2D eigenvalue weighted by molar-refractivity contribution is 5.96. The van der Waals surface area contributed by atoms with E-state index in [1.54, 1.807) is 0 Å². The molecular formula is C23H24N4. The summed E-state index contributed by atoms with van der Waals surface area (Å²) in [4.78, 5) is 7.56. The van der Waals surface area contributed by atoms with Gasteiger partial charge in [-0.25, -0.2) is 0 Å². The smallest absolute Gasteiger partial charge is 0.0923 e. The van der Waals surface area contributed by atoms with Gasteiger partial charge in [0, 0.05) is 41.2 Å². The summed E-state index contributed by atoms with van der Waals surface area (Å²) < 4.78 is 1.87. The van der Waals surface area contributed by atoms with Crippen molar-refractivity contribution < 1.29 is 0 Å². The lowest BCUT2D eigenvalue weighted by Gasteiger charge is -2.28. The van der Waals surface area contributed by atoms with Crippen molar-refractivity contribution in [3.8, 4) is 11.1 Å². The average molecular weight is 356 g/mol. The molecule has 3 heterocycles.